The molecule has 128 valence electrons. The largest absolute Gasteiger partial charge is 0.490 e. The summed E-state index contributed by atoms with van der Waals surface area (Å²) < 4.78 is 11.1. The molecule has 1 saturated heterocycles. The van der Waals surface area contributed by atoms with Crippen molar-refractivity contribution in [3.63, 3.8) is 0 Å². The van der Waals surface area contributed by atoms with Gasteiger partial charge in [0.05, 0.1) is 6.61 Å². The van der Waals surface area contributed by atoms with E-state index in [1.54, 1.807) is 0 Å². The number of hydrogen-bond donors (Lipinski definition) is 2. The van der Waals surface area contributed by atoms with Gasteiger partial charge in [-0.2, -0.15) is 0 Å². The smallest absolute Gasteiger partial charge is 0.247 e. The molecule has 0 aromatic heterocycles. The van der Waals surface area contributed by atoms with Gasteiger partial charge >= 0.3 is 0 Å². The van der Waals surface area contributed by atoms with Crippen LogP contribution in [0.1, 0.15) is 0 Å². The van der Waals surface area contributed by atoms with Crippen LogP contribution in [0.15, 0.2) is 42.5 Å². The minimum absolute atomic E-state index is 0.187. The number of nitrogens with two attached hydrogens (primary N) is 1. The summed E-state index contributed by atoms with van der Waals surface area (Å²) in [6.45, 7) is 2.10. The van der Waals surface area contributed by atoms with Crippen LogP contribution in [-0.4, -0.2) is 61.0 Å². The lowest BCUT2D eigenvalue weighted by Gasteiger charge is -2.32. The number of hydrogen-bond acceptors (Lipinski definition) is 5. The average molecular weight is 330 g/mol. The summed E-state index contributed by atoms with van der Waals surface area (Å²) >= 11 is 0. The molecular weight excluding hydrogens is 308 g/mol. The molecule has 1 fully saturated rings. The van der Waals surface area contributed by atoms with Crippen LogP contribution < -0.4 is 10.5 Å². The molecule has 2 aromatic carbocycles. The molecule has 6 heteroatoms. The summed E-state index contributed by atoms with van der Waals surface area (Å²) in [7, 11) is 0. The second-order valence-corrected chi connectivity index (χ2v) is 5.96. The number of rotatable bonds is 6. The summed E-state index contributed by atoms with van der Waals surface area (Å²) in [5.74, 6) is 0.283. The molecular formula is C18H22N2O4. The van der Waals surface area contributed by atoms with Crippen molar-refractivity contribution < 1.29 is 19.4 Å². The fourth-order valence-corrected chi connectivity index (χ4v) is 2.90. The monoisotopic (exact) mass is 330 g/mol. The molecule has 6 nitrogen and oxygen atoms in total. The van der Waals surface area contributed by atoms with Crippen molar-refractivity contribution in [2.45, 2.75) is 12.2 Å². The molecule has 0 bridgehead atoms. The zero-order chi connectivity index (χ0) is 16.9. The average Bonchev–Trinajstić information content (AvgIpc) is 2.60. The number of primary amides is 1. The second-order valence-electron chi connectivity index (χ2n) is 5.96. The predicted molar refractivity (Wildman–Crippen MR) is 90.8 cm³/mol. The van der Waals surface area contributed by atoms with Crippen LogP contribution in [0.3, 0.4) is 0 Å². The Balaban J connectivity index is 1.55. The molecule has 2 aromatic rings. The van der Waals surface area contributed by atoms with Gasteiger partial charge in [0.2, 0.25) is 5.91 Å². The van der Waals surface area contributed by atoms with E-state index in [2.05, 4.69) is 0 Å². The standard InChI is InChI=1S/C18H22N2O4/c19-18(22)17-11-20(8-9-23-17)10-14(21)12-24-16-7-3-5-13-4-1-2-6-15(13)16/h1-7,14,17,21H,8-12H2,(H2,19,22)/t14-,17+/m1/s1. The second kappa shape index (κ2) is 7.61. The van der Waals surface area contributed by atoms with Crippen LogP contribution >= 0.6 is 0 Å². The van der Waals surface area contributed by atoms with Gasteiger partial charge in [-0.25, -0.2) is 0 Å². The number of nitrogens with zero attached hydrogens (tertiary/aromatic N) is 1. The summed E-state index contributed by atoms with van der Waals surface area (Å²) in [5.41, 5.74) is 5.27. The normalized spacial score (nSPS) is 20.0. The molecule has 0 spiro atoms. The van der Waals surface area contributed by atoms with Gasteiger partial charge in [0, 0.05) is 25.0 Å². The number of aliphatic hydroxyl groups is 1. The SMILES string of the molecule is NC(=O)[C@@H]1CN(C[C@@H](O)COc2cccc3ccccc23)CCO1. The zero-order valence-electron chi connectivity index (χ0n) is 13.4. The summed E-state index contributed by atoms with van der Waals surface area (Å²) in [6, 6.07) is 13.8. The lowest BCUT2D eigenvalue weighted by molar-refractivity contribution is -0.136. The molecule has 0 radical (unpaired) electrons. The Morgan fingerprint density at radius 2 is 2.12 bits per heavy atom. The number of carbonyl (C=O) groups is 1. The zero-order valence-corrected chi connectivity index (χ0v) is 13.4. The molecule has 24 heavy (non-hydrogen) atoms. The van der Waals surface area contributed by atoms with E-state index in [1.807, 2.05) is 47.4 Å². The summed E-state index contributed by atoms with van der Waals surface area (Å²) in [4.78, 5) is 13.2. The minimum Gasteiger partial charge on any atom is -0.490 e. The highest BCUT2D eigenvalue weighted by Crippen LogP contribution is 2.25. The highest BCUT2D eigenvalue weighted by atomic mass is 16.5. The minimum atomic E-state index is -0.657. The van der Waals surface area contributed by atoms with E-state index in [0.29, 0.717) is 26.2 Å². The number of ether oxygens (including phenoxy) is 2. The maximum absolute atomic E-state index is 11.2. The maximum atomic E-state index is 11.2. The van der Waals surface area contributed by atoms with Gasteiger partial charge in [0.15, 0.2) is 0 Å². The number of aliphatic hydroxyl groups excluding tert-OH is 1. The first-order valence-electron chi connectivity index (χ1n) is 8.05. The van der Waals surface area contributed by atoms with Crippen LogP contribution in [0.5, 0.6) is 5.75 Å². The topological polar surface area (TPSA) is 85.0 Å². The molecule has 0 aliphatic carbocycles. The van der Waals surface area contributed by atoms with E-state index in [-0.39, 0.29) is 6.61 Å². The van der Waals surface area contributed by atoms with Gasteiger partial charge in [0.25, 0.3) is 0 Å². The van der Waals surface area contributed by atoms with E-state index >= 15 is 0 Å². The van der Waals surface area contributed by atoms with Gasteiger partial charge in [0.1, 0.15) is 24.6 Å². The van der Waals surface area contributed by atoms with Crippen molar-refractivity contribution in [2.75, 3.05) is 32.8 Å². The van der Waals surface area contributed by atoms with Gasteiger partial charge in [-0.05, 0) is 11.5 Å². The first-order chi connectivity index (χ1) is 11.6. The van der Waals surface area contributed by atoms with Gasteiger partial charge in [-0.3, -0.25) is 9.69 Å². The molecule has 0 unspecified atom stereocenters. The van der Waals surface area contributed by atoms with Gasteiger partial charge < -0.3 is 20.3 Å². The predicted octanol–water partition coefficient (Wildman–Crippen LogP) is 0.766. The van der Waals surface area contributed by atoms with Gasteiger partial charge in [-0.15, -0.1) is 0 Å². The molecule has 0 saturated carbocycles. The number of amides is 1. The lowest BCUT2D eigenvalue weighted by Crippen LogP contribution is -2.50. The van der Waals surface area contributed by atoms with E-state index in [0.717, 1.165) is 16.5 Å². The van der Waals surface area contributed by atoms with E-state index in [9.17, 15) is 9.90 Å². The summed E-state index contributed by atoms with van der Waals surface area (Å²) in [6.07, 6.45) is -1.26. The molecule has 3 N–H and O–H groups in total. The molecule has 3 rings (SSSR count). The van der Waals surface area contributed by atoms with Crippen LogP contribution in [0.4, 0.5) is 0 Å². The Hall–Kier alpha value is -2.15. The van der Waals surface area contributed by atoms with Crippen LogP contribution in [0.2, 0.25) is 0 Å². The number of fused-ring (bicyclic) bond motifs is 1. The molecule has 1 amide bonds. The number of benzene rings is 2. The summed E-state index contributed by atoms with van der Waals surface area (Å²) in [5, 5.41) is 12.4. The molecule has 2 atom stereocenters. The Labute approximate surface area is 140 Å². The van der Waals surface area contributed by atoms with Crippen molar-refractivity contribution in [3.05, 3.63) is 42.5 Å². The molecule has 1 aliphatic heterocycles. The maximum Gasteiger partial charge on any atom is 0.247 e. The number of β-amino-alcohol motifs (C(OH)–C–C–N with tert-alkyl or cyclic N) is 1. The van der Waals surface area contributed by atoms with Gasteiger partial charge in [-0.1, -0.05) is 36.4 Å². The third kappa shape index (κ3) is 4.03. The highest BCUT2D eigenvalue weighted by molar-refractivity contribution is 5.88. The number of carbonyl (C=O) groups excluding carboxylic acids is 1. The first kappa shape index (κ1) is 16.7. The van der Waals surface area contributed by atoms with Crippen LogP contribution in [-0.2, 0) is 9.53 Å². The van der Waals surface area contributed by atoms with E-state index < -0.39 is 18.1 Å². The highest BCUT2D eigenvalue weighted by Gasteiger charge is 2.26. The Bertz CT molecular complexity index is 701. The van der Waals surface area contributed by atoms with E-state index in [1.165, 1.54) is 0 Å². The Morgan fingerprint density at radius 3 is 2.96 bits per heavy atom. The van der Waals surface area contributed by atoms with Crippen LogP contribution in [0.25, 0.3) is 10.8 Å². The first-order valence-corrected chi connectivity index (χ1v) is 8.05. The Kier molecular flexibility index (Phi) is 5.30. The third-order valence-corrected chi connectivity index (χ3v) is 4.12. The Morgan fingerprint density at radius 1 is 1.33 bits per heavy atom. The molecule has 1 aliphatic rings. The van der Waals surface area contributed by atoms with Crippen molar-refractivity contribution in [3.8, 4) is 5.75 Å². The van der Waals surface area contributed by atoms with Crippen molar-refractivity contribution in [2.24, 2.45) is 5.73 Å². The van der Waals surface area contributed by atoms with Crippen molar-refractivity contribution in [1.29, 1.82) is 0 Å². The van der Waals surface area contributed by atoms with Crippen molar-refractivity contribution in [1.82, 2.24) is 4.90 Å². The fourth-order valence-electron chi connectivity index (χ4n) is 2.90. The van der Waals surface area contributed by atoms with Crippen LogP contribution in [0, 0.1) is 0 Å². The molecule has 1 heterocycles. The van der Waals surface area contributed by atoms with E-state index in [4.69, 9.17) is 15.2 Å². The quantitative estimate of drug-likeness (QED) is 0.817. The number of morpholine rings is 1. The van der Waals surface area contributed by atoms with Crippen molar-refractivity contribution >= 4 is 16.7 Å². The fraction of sp³-hybridized carbons (Fsp3) is 0.389. The lowest BCUT2D eigenvalue weighted by atomic mass is 10.1. The third-order valence-electron chi connectivity index (χ3n) is 4.12.